The zero-order valence-corrected chi connectivity index (χ0v) is 15.8. The molecule has 0 atom stereocenters. The zero-order valence-electron chi connectivity index (χ0n) is 15.0. The average Bonchev–Trinajstić information content (AvgIpc) is 2.84. The van der Waals surface area contributed by atoms with Crippen molar-refractivity contribution in [1.82, 2.24) is 0 Å². The third-order valence-electron chi connectivity index (χ3n) is 3.77. The Bertz CT molecular complexity index is 939. The van der Waals surface area contributed by atoms with E-state index < -0.39 is 23.9 Å². The molecule has 0 saturated heterocycles. The lowest BCUT2D eigenvalue weighted by Crippen LogP contribution is -2.31. The number of halogens is 3. The first-order chi connectivity index (χ1) is 13.2. The monoisotopic (exact) mass is 407 g/mol. The second-order valence-corrected chi connectivity index (χ2v) is 7.81. The van der Waals surface area contributed by atoms with Gasteiger partial charge in [-0.1, -0.05) is 50.2 Å². The molecule has 4 nitrogen and oxygen atoms in total. The molecule has 1 aliphatic heterocycles. The van der Waals surface area contributed by atoms with Gasteiger partial charge in [-0.3, -0.25) is 9.59 Å². The zero-order chi connectivity index (χ0) is 20.5. The van der Waals surface area contributed by atoms with E-state index in [0.29, 0.717) is 5.56 Å². The lowest BCUT2D eigenvalue weighted by molar-refractivity contribution is -0.274. The first-order valence-corrected chi connectivity index (χ1v) is 9.26. The number of amides is 2. The van der Waals surface area contributed by atoms with E-state index in [9.17, 15) is 22.8 Å². The number of thioether (sulfide) groups is 1. The van der Waals surface area contributed by atoms with Crippen LogP contribution >= 0.6 is 11.8 Å². The predicted octanol–water partition coefficient (Wildman–Crippen LogP) is 5.01. The molecule has 0 N–H and O–H groups in total. The van der Waals surface area contributed by atoms with Crippen LogP contribution in [0.5, 0.6) is 5.75 Å². The highest BCUT2D eigenvalue weighted by Gasteiger charge is 2.41. The van der Waals surface area contributed by atoms with Crippen molar-refractivity contribution in [2.24, 2.45) is 0 Å². The van der Waals surface area contributed by atoms with Crippen LogP contribution in [0.25, 0.3) is 5.57 Å². The molecule has 0 aliphatic carbocycles. The maximum Gasteiger partial charge on any atom is 0.573 e. The largest absolute Gasteiger partial charge is 0.573 e. The summed E-state index contributed by atoms with van der Waals surface area (Å²) in [5.41, 5.74) is 0.838. The summed E-state index contributed by atoms with van der Waals surface area (Å²) >= 11 is 1.25. The molecule has 1 heterocycles. The van der Waals surface area contributed by atoms with Crippen molar-refractivity contribution >= 4 is 34.8 Å². The maximum atomic E-state index is 13.1. The Hall–Kier alpha value is -2.74. The molecule has 0 saturated carbocycles. The van der Waals surface area contributed by atoms with Crippen LogP contribution in [-0.2, 0) is 9.59 Å². The van der Waals surface area contributed by atoms with Crippen molar-refractivity contribution in [3.8, 4) is 5.75 Å². The van der Waals surface area contributed by atoms with Gasteiger partial charge in [-0.25, -0.2) is 4.90 Å². The summed E-state index contributed by atoms with van der Waals surface area (Å²) in [6, 6.07) is 13.5. The van der Waals surface area contributed by atoms with Crippen LogP contribution in [0, 0.1) is 0 Å². The minimum atomic E-state index is -4.87. The summed E-state index contributed by atoms with van der Waals surface area (Å²) in [4.78, 5) is 27.2. The summed E-state index contributed by atoms with van der Waals surface area (Å²) in [5.74, 6) is -1.65. The molecule has 0 fully saturated rings. The highest BCUT2D eigenvalue weighted by atomic mass is 32.2. The molecule has 0 bridgehead atoms. The Morgan fingerprint density at radius 2 is 1.64 bits per heavy atom. The standard InChI is InChI=1S/C20H16F3NO3S/c1-12(2)28-17-16(13-7-4-3-5-8-13)18(25)24(19(17)26)14-9-6-10-15(11-14)27-20(21,22)23/h3-12H,1-2H3. The molecule has 2 amide bonds. The Labute approximate surface area is 164 Å². The van der Waals surface area contributed by atoms with Crippen molar-refractivity contribution in [3.63, 3.8) is 0 Å². The summed E-state index contributed by atoms with van der Waals surface area (Å²) in [6.07, 6.45) is -4.87. The molecular formula is C20H16F3NO3S. The highest BCUT2D eigenvalue weighted by molar-refractivity contribution is 8.04. The van der Waals surface area contributed by atoms with E-state index in [2.05, 4.69) is 4.74 Å². The van der Waals surface area contributed by atoms with Crippen LogP contribution < -0.4 is 9.64 Å². The van der Waals surface area contributed by atoms with Crippen molar-refractivity contribution in [1.29, 1.82) is 0 Å². The van der Waals surface area contributed by atoms with Gasteiger partial charge in [-0.15, -0.1) is 24.9 Å². The lowest BCUT2D eigenvalue weighted by atomic mass is 10.1. The number of rotatable bonds is 5. The molecule has 2 aromatic rings. The van der Waals surface area contributed by atoms with Crippen LogP contribution in [0.3, 0.4) is 0 Å². The Kier molecular flexibility index (Phi) is 5.51. The molecule has 146 valence electrons. The van der Waals surface area contributed by atoms with E-state index in [1.807, 2.05) is 13.8 Å². The number of benzene rings is 2. The van der Waals surface area contributed by atoms with Gasteiger partial charge in [-0.2, -0.15) is 0 Å². The predicted molar refractivity (Wildman–Crippen MR) is 102 cm³/mol. The van der Waals surface area contributed by atoms with Gasteiger partial charge in [-0.05, 0) is 17.7 Å². The lowest BCUT2D eigenvalue weighted by Gasteiger charge is -2.17. The van der Waals surface area contributed by atoms with Gasteiger partial charge >= 0.3 is 6.36 Å². The molecule has 8 heteroatoms. The first kappa shape index (κ1) is 20.0. The number of imide groups is 1. The molecule has 2 aromatic carbocycles. The minimum absolute atomic E-state index is 0.0181. The Morgan fingerprint density at radius 1 is 0.964 bits per heavy atom. The van der Waals surface area contributed by atoms with E-state index >= 15 is 0 Å². The van der Waals surface area contributed by atoms with Crippen molar-refractivity contribution in [3.05, 3.63) is 65.1 Å². The second kappa shape index (κ2) is 7.71. The molecule has 1 aliphatic rings. The van der Waals surface area contributed by atoms with Gasteiger partial charge < -0.3 is 4.74 Å². The fourth-order valence-electron chi connectivity index (χ4n) is 2.77. The van der Waals surface area contributed by atoms with Crippen LogP contribution in [0.4, 0.5) is 18.9 Å². The van der Waals surface area contributed by atoms with Crippen LogP contribution in [0.15, 0.2) is 59.5 Å². The number of carbonyl (C=O) groups is 2. The van der Waals surface area contributed by atoms with Crippen LogP contribution in [-0.4, -0.2) is 23.4 Å². The minimum Gasteiger partial charge on any atom is -0.406 e. The quantitative estimate of drug-likeness (QED) is 0.654. The maximum absolute atomic E-state index is 13.1. The Morgan fingerprint density at radius 3 is 2.25 bits per heavy atom. The first-order valence-electron chi connectivity index (χ1n) is 8.38. The number of alkyl halides is 3. The van der Waals surface area contributed by atoms with Gasteiger partial charge in [0.1, 0.15) is 5.75 Å². The number of nitrogens with zero attached hydrogens (tertiary/aromatic N) is 1. The summed E-state index contributed by atoms with van der Waals surface area (Å²) in [6.45, 7) is 3.77. The number of carbonyl (C=O) groups excluding carboxylic acids is 2. The van der Waals surface area contributed by atoms with E-state index in [-0.39, 0.29) is 21.4 Å². The number of hydrogen-bond donors (Lipinski definition) is 0. The van der Waals surface area contributed by atoms with E-state index in [0.717, 1.165) is 17.0 Å². The summed E-state index contributed by atoms with van der Waals surface area (Å²) in [5, 5.41) is 0.0327. The SMILES string of the molecule is CC(C)SC1=C(c2ccccc2)C(=O)N(c2cccc(OC(F)(F)F)c2)C1=O. The van der Waals surface area contributed by atoms with Gasteiger partial charge in [0.15, 0.2) is 0 Å². The van der Waals surface area contributed by atoms with Gasteiger partial charge in [0.25, 0.3) is 11.8 Å². The summed E-state index contributed by atoms with van der Waals surface area (Å²) in [7, 11) is 0. The van der Waals surface area contributed by atoms with Gasteiger partial charge in [0.2, 0.25) is 0 Å². The molecular weight excluding hydrogens is 391 g/mol. The number of ether oxygens (including phenoxy) is 1. The molecule has 28 heavy (non-hydrogen) atoms. The third kappa shape index (κ3) is 4.22. The fraction of sp³-hybridized carbons (Fsp3) is 0.200. The molecule has 0 spiro atoms. The van der Waals surface area contributed by atoms with Gasteiger partial charge in [0.05, 0.1) is 16.2 Å². The van der Waals surface area contributed by atoms with E-state index in [1.54, 1.807) is 30.3 Å². The topological polar surface area (TPSA) is 46.6 Å². The summed E-state index contributed by atoms with van der Waals surface area (Å²) < 4.78 is 41.4. The van der Waals surface area contributed by atoms with Crippen LogP contribution in [0.1, 0.15) is 19.4 Å². The van der Waals surface area contributed by atoms with E-state index in [4.69, 9.17) is 0 Å². The number of hydrogen-bond acceptors (Lipinski definition) is 4. The van der Waals surface area contributed by atoms with E-state index in [1.165, 1.54) is 23.9 Å². The molecule has 0 aromatic heterocycles. The molecule has 0 radical (unpaired) electrons. The van der Waals surface area contributed by atoms with Crippen molar-refractivity contribution < 1.29 is 27.5 Å². The Balaban J connectivity index is 2.03. The third-order valence-corrected chi connectivity index (χ3v) is 4.85. The molecule has 3 rings (SSSR count). The smallest absolute Gasteiger partial charge is 0.406 e. The fourth-order valence-corrected chi connectivity index (χ4v) is 3.75. The molecule has 0 unspecified atom stereocenters. The number of anilines is 1. The van der Waals surface area contributed by atoms with Gasteiger partial charge in [0, 0.05) is 11.3 Å². The average molecular weight is 407 g/mol. The second-order valence-electron chi connectivity index (χ2n) is 6.23. The normalized spacial score (nSPS) is 15.0. The highest BCUT2D eigenvalue weighted by Crippen LogP contribution is 2.40. The van der Waals surface area contributed by atoms with Crippen molar-refractivity contribution in [2.45, 2.75) is 25.5 Å². The van der Waals surface area contributed by atoms with Crippen molar-refractivity contribution in [2.75, 3.05) is 4.90 Å². The van der Waals surface area contributed by atoms with Crippen LogP contribution in [0.2, 0.25) is 0 Å².